The third kappa shape index (κ3) is 3.71. The summed E-state index contributed by atoms with van der Waals surface area (Å²) in [5.41, 5.74) is 6.86. The Morgan fingerprint density at radius 3 is 2.58 bits per heavy atom. The van der Waals surface area contributed by atoms with E-state index in [1.165, 1.54) is 6.08 Å². The molecule has 7 nitrogen and oxygen atoms in total. The fraction of sp³-hybridized carbons (Fsp3) is 0.130. The van der Waals surface area contributed by atoms with E-state index in [9.17, 15) is 13.2 Å². The standard InChI is InChI=1S/C23H22N4O3S/c1-2-20(17-10-5-8-15-7-3-4-9-16(15)17)31(29,30)23-18-11-6-12-19(22(18)26-27-23)25-21(28)13-14-24/h2-12,20H,1,13-14,24H2,(H,25,28)(H,26,27). The first-order chi connectivity index (χ1) is 15.0. The quantitative estimate of drug-likeness (QED) is 0.383. The first-order valence-electron chi connectivity index (χ1n) is 9.78. The summed E-state index contributed by atoms with van der Waals surface area (Å²) in [4.78, 5) is 12.0. The lowest BCUT2D eigenvalue weighted by Gasteiger charge is -2.16. The van der Waals surface area contributed by atoms with E-state index < -0.39 is 15.1 Å². The molecule has 0 aliphatic heterocycles. The smallest absolute Gasteiger partial charge is 0.225 e. The van der Waals surface area contributed by atoms with Crippen molar-refractivity contribution in [1.29, 1.82) is 0 Å². The lowest BCUT2D eigenvalue weighted by molar-refractivity contribution is -0.116. The van der Waals surface area contributed by atoms with Gasteiger partial charge in [0.2, 0.25) is 15.7 Å². The maximum absolute atomic E-state index is 13.7. The molecule has 31 heavy (non-hydrogen) atoms. The number of hydrogen-bond acceptors (Lipinski definition) is 5. The molecule has 4 N–H and O–H groups in total. The number of benzene rings is 3. The van der Waals surface area contributed by atoms with Gasteiger partial charge in [0.25, 0.3) is 0 Å². The van der Waals surface area contributed by atoms with Gasteiger partial charge in [-0.25, -0.2) is 8.42 Å². The minimum Gasteiger partial charge on any atom is -0.330 e. The van der Waals surface area contributed by atoms with Crippen LogP contribution in [0.15, 0.2) is 78.3 Å². The number of aromatic amines is 1. The van der Waals surface area contributed by atoms with Crippen LogP contribution >= 0.6 is 0 Å². The fourth-order valence-corrected chi connectivity index (χ4v) is 5.41. The maximum atomic E-state index is 13.7. The molecule has 0 saturated heterocycles. The van der Waals surface area contributed by atoms with Crippen LogP contribution < -0.4 is 11.1 Å². The number of carbonyl (C=O) groups is 1. The van der Waals surface area contributed by atoms with E-state index in [1.54, 1.807) is 24.3 Å². The number of H-pyrrole nitrogens is 1. The molecule has 0 bridgehead atoms. The molecular formula is C23H22N4O3S. The van der Waals surface area contributed by atoms with Gasteiger partial charge in [-0.2, -0.15) is 5.10 Å². The molecule has 4 rings (SSSR count). The third-order valence-corrected chi connectivity index (χ3v) is 7.15. The molecule has 158 valence electrons. The SMILES string of the molecule is C=CC(c1cccc2ccccc12)S(=O)(=O)c1[nH]nc2c(NC(=O)CCN)cccc12. The number of nitrogens with two attached hydrogens (primary N) is 1. The van der Waals surface area contributed by atoms with E-state index in [1.807, 2.05) is 36.4 Å². The van der Waals surface area contributed by atoms with Crippen LogP contribution in [0.25, 0.3) is 21.7 Å². The second-order valence-corrected chi connectivity index (χ2v) is 9.12. The maximum Gasteiger partial charge on any atom is 0.225 e. The van der Waals surface area contributed by atoms with Crippen LogP contribution in [0.3, 0.4) is 0 Å². The molecule has 1 amide bonds. The largest absolute Gasteiger partial charge is 0.330 e. The molecule has 4 aromatic rings. The van der Waals surface area contributed by atoms with Crippen molar-refractivity contribution in [2.24, 2.45) is 5.73 Å². The molecule has 0 fully saturated rings. The molecule has 0 aliphatic rings. The summed E-state index contributed by atoms with van der Waals surface area (Å²) in [6, 6.07) is 18.2. The van der Waals surface area contributed by atoms with E-state index in [0.717, 1.165) is 10.8 Å². The Morgan fingerprint density at radius 2 is 1.81 bits per heavy atom. The number of rotatable bonds is 7. The molecule has 3 aromatic carbocycles. The van der Waals surface area contributed by atoms with Crippen molar-refractivity contribution < 1.29 is 13.2 Å². The second-order valence-electron chi connectivity index (χ2n) is 7.11. The number of hydrogen-bond donors (Lipinski definition) is 3. The van der Waals surface area contributed by atoms with Crippen LogP contribution in [0.5, 0.6) is 0 Å². The van der Waals surface area contributed by atoms with Crippen LogP contribution in [0.2, 0.25) is 0 Å². The summed E-state index contributed by atoms with van der Waals surface area (Å²) in [5, 5.41) is 10.8. The monoisotopic (exact) mass is 434 g/mol. The highest BCUT2D eigenvalue weighted by Crippen LogP contribution is 2.37. The van der Waals surface area contributed by atoms with Gasteiger partial charge in [0.05, 0.1) is 5.69 Å². The summed E-state index contributed by atoms with van der Waals surface area (Å²) in [6.45, 7) is 4.01. The van der Waals surface area contributed by atoms with E-state index in [4.69, 9.17) is 5.73 Å². The average molecular weight is 435 g/mol. The van der Waals surface area contributed by atoms with Crippen LogP contribution in [-0.2, 0) is 14.6 Å². The number of fused-ring (bicyclic) bond motifs is 2. The van der Waals surface area contributed by atoms with Gasteiger partial charge in [-0.05, 0) is 28.5 Å². The Morgan fingerprint density at radius 1 is 1.10 bits per heavy atom. The molecule has 0 spiro atoms. The minimum atomic E-state index is -3.90. The highest BCUT2D eigenvalue weighted by molar-refractivity contribution is 7.92. The Labute approximate surface area is 179 Å². The van der Waals surface area contributed by atoms with Crippen LogP contribution in [0, 0.1) is 0 Å². The van der Waals surface area contributed by atoms with Gasteiger partial charge in [0.15, 0.2) is 5.03 Å². The number of aromatic nitrogens is 2. The lowest BCUT2D eigenvalue weighted by Crippen LogP contribution is -2.16. The number of nitrogens with zero attached hydrogens (tertiary/aromatic N) is 1. The third-order valence-electron chi connectivity index (χ3n) is 5.16. The molecule has 0 saturated carbocycles. The van der Waals surface area contributed by atoms with E-state index in [2.05, 4.69) is 22.1 Å². The first-order valence-corrected chi connectivity index (χ1v) is 11.3. The van der Waals surface area contributed by atoms with Crippen molar-refractivity contribution in [2.45, 2.75) is 16.7 Å². The van der Waals surface area contributed by atoms with Crippen LogP contribution in [0.4, 0.5) is 5.69 Å². The molecule has 1 heterocycles. The van der Waals surface area contributed by atoms with E-state index >= 15 is 0 Å². The number of carbonyl (C=O) groups excluding carboxylic acids is 1. The summed E-state index contributed by atoms with van der Waals surface area (Å²) >= 11 is 0. The average Bonchev–Trinajstić information content (AvgIpc) is 3.21. The van der Waals surface area contributed by atoms with Gasteiger partial charge in [-0.1, -0.05) is 54.6 Å². The topological polar surface area (TPSA) is 118 Å². The number of para-hydroxylation sites is 1. The Bertz CT molecular complexity index is 1390. The van der Waals surface area contributed by atoms with Crippen molar-refractivity contribution >= 4 is 43.1 Å². The molecule has 1 aromatic heterocycles. The Kier molecular flexibility index (Phi) is 5.58. The van der Waals surface area contributed by atoms with E-state index in [-0.39, 0.29) is 23.9 Å². The molecule has 1 atom stereocenters. The van der Waals surface area contributed by atoms with Crippen LogP contribution in [-0.4, -0.2) is 31.1 Å². The first kappa shape index (κ1) is 20.8. The second kappa shape index (κ2) is 8.33. The molecule has 0 aliphatic carbocycles. The summed E-state index contributed by atoms with van der Waals surface area (Å²) in [7, 11) is -3.90. The summed E-state index contributed by atoms with van der Waals surface area (Å²) < 4.78 is 27.3. The Balaban J connectivity index is 1.82. The van der Waals surface area contributed by atoms with Gasteiger partial charge < -0.3 is 11.1 Å². The van der Waals surface area contributed by atoms with Gasteiger partial charge in [-0.3, -0.25) is 9.89 Å². The molecule has 8 heteroatoms. The van der Waals surface area contributed by atoms with Gasteiger partial charge >= 0.3 is 0 Å². The zero-order valence-electron chi connectivity index (χ0n) is 16.7. The van der Waals surface area contributed by atoms with Crippen molar-refractivity contribution in [3.8, 4) is 0 Å². The number of nitrogens with one attached hydrogen (secondary N) is 2. The fourth-order valence-electron chi connectivity index (χ4n) is 3.72. The summed E-state index contributed by atoms with van der Waals surface area (Å²) in [5.74, 6) is -0.262. The van der Waals surface area contributed by atoms with Crippen molar-refractivity contribution in [3.05, 3.63) is 78.9 Å². The normalized spacial score (nSPS) is 12.7. The highest BCUT2D eigenvalue weighted by atomic mass is 32.2. The lowest BCUT2D eigenvalue weighted by atomic mass is 10.0. The van der Waals surface area contributed by atoms with Crippen LogP contribution in [0.1, 0.15) is 17.2 Å². The van der Waals surface area contributed by atoms with Gasteiger partial charge in [0, 0.05) is 18.4 Å². The predicted octanol–water partition coefficient (Wildman–Crippen LogP) is 3.70. The minimum absolute atomic E-state index is 0.0183. The zero-order valence-corrected chi connectivity index (χ0v) is 17.5. The zero-order chi connectivity index (χ0) is 22.0. The molecule has 0 radical (unpaired) electrons. The molecule has 1 unspecified atom stereocenters. The number of anilines is 1. The Hall–Kier alpha value is -3.49. The van der Waals surface area contributed by atoms with Gasteiger partial charge in [0.1, 0.15) is 10.8 Å². The number of sulfone groups is 1. The number of amides is 1. The molecular weight excluding hydrogens is 412 g/mol. The van der Waals surface area contributed by atoms with Gasteiger partial charge in [-0.15, -0.1) is 6.58 Å². The van der Waals surface area contributed by atoms with Crippen molar-refractivity contribution in [2.75, 3.05) is 11.9 Å². The predicted molar refractivity (Wildman–Crippen MR) is 122 cm³/mol. The highest BCUT2D eigenvalue weighted by Gasteiger charge is 2.31. The van der Waals surface area contributed by atoms with E-state index in [0.29, 0.717) is 22.2 Å². The van der Waals surface area contributed by atoms with Crippen molar-refractivity contribution in [1.82, 2.24) is 10.2 Å². The summed E-state index contributed by atoms with van der Waals surface area (Å²) in [6.07, 6.45) is 1.59. The van der Waals surface area contributed by atoms with Crippen molar-refractivity contribution in [3.63, 3.8) is 0 Å².